The second-order valence-corrected chi connectivity index (χ2v) is 4.12. The molecule has 1 N–H and O–H groups in total. The van der Waals surface area contributed by atoms with Gasteiger partial charge in [0.15, 0.2) is 0 Å². The number of carbonyl (C=O) groups is 1. The Kier molecular flexibility index (Phi) is 3.03. The van der Waals surface area contributed by atoms with Gasteiger partial charge in [-0.15, -0.1) is 0 Å². The minimum Gasteiger partial charge on any atom is -0.480 e. The molecule has 0 aromatic carbocycles. The molecule has 0 unspecified atom stereocenters. The summed E-state index contributed by atoms with van der Waals surface area (Å²) in [5.41, 5.74) is -2.73. The first-order chi connectivity index (χ1) is 7.69. The van der Waals surface area contributed by atoms with Crippen LogP contribution in [0.25, 0.3) is 0 Å². The molecule has 0 saturated heterocycles. The van der Waals surface area contributed by atoms with Crippen LogP contribution in [0, 0.1) is 17.0 Å². The molecule has 0 aliphatic carbocycles. The molecule has 7 heteroatoms. The third-order valence-electron chi connectivity index (χ3n) is 2.54. The van der Waals surface area contributed by atoms with Gasteiger partial charge in [-0.1, -0.05) is 0 Å². The predicted octanol–water partition coefficient (Wildman–Crippen LogP) is 0.885. The van der Waals surface area contributed by atoms with Crippen LogP contribution in [0.2, 0.25) is 0 Å². The van der Waals surface area contributed by atoms with Gasteiger partial charge in [0, 0.05) is 11.8 Å². The molecule has 0 aliphatic heterocycles. The molecular formula is C10H12N2O5. The lowest BCUT2D eigenvalue weighted by atomic mass is 10.0. The summed E-state index contributed by atoms with van der Waals surface area (Å²) in [5, 5.41) is 19.7. The van der Waals surface area contributed by atoms with Crippen molar-refractivity contribution in [2.75, 3.05) is 0 Å². The molecule has 92 valence electrons. The van der Waals surface area contributed by atoms with E-state index in [2.05, 4.69) is 0 Å². The molecule has 7 nitrogen and oxygen atoms in total. The van der Waals surface area contributed by atoms with Gasteiger partial charge in [0.05, 0.1) is 4.92 Å². The van der Waals surface area contributed by atoms with Crippen LogP contribution in [0.3, 0.4) is 0 Å². The fraction of sp³-hybridized carbons (Fsp3) is 0.400. The Morgan fingerprint density at radius 1 is 1.47 bits per heavy atom. The van der Waals surface area contributed by atoms with E-state index in [9.17, 15) is 19.7 Å². The lowest BCUT2D eigenvalue weighted by Crippen LogP contribution is -2.44. The van der Waals surface area contributed by atoms with Crippen molar-refractivity contribution in [3.05, 3.63) is 38.3 Å². The fourth-order valence-electron chi connectivity index (χ4n) is 1.55. The number of carboxylic acid groups (broad SMARTS) is 1. The van der Waals surface area contributed by atoms with Crippen LogP contribution in [-0.4, -0.2) is 20.6 Å². The first-order valence-corrected chi connectivity index (χ1v) is 4.80. The number of hydrogen-bond donors (Lipinski definition) is 1. The SMILES string of the molecule is Cc1ccc([N+](=O)[O-])c(=O)n1C(C)(C)C(=O)O. The zero-order chi connectivity index (χ0) is 13.4. The maximum Gasteiger partial charge on any atom is 0.334 e. The number of rotatable bonds is 3. The van der Waals surface area contributed by atoms with Gasteiger partial charge in [0.25, 0.3) is 0 Å². The maximum absolute atomic E-state index is 11.8. The van der Waals surface area contributed by atoms with E-state index in [1.165, 1.54) is 26.8 Å². The second-order valence-electron chi connectivity index (χ2n) is 4.12. The molecule has 1 aromatic heterocycles. The van der Waals surface area contributed by atoms with Crippen LogP contribution in [0.5, 0.6) is 0 Å². The number of aromatic nitrogens is 1. The standard InChI is InChI=1S/C10H12N2O5/c1-6-4-5-7(12(16)17)8(13)11(6)10(2,3)9(14)15/h4-5H,1-3H3,(H,14,15). The average Bonchev–Trinajstić information content (AvgIpc) is 2.16. The highest BCUT2D eigenvalue weighted by Crippen LogP contribution is 2.17. The van der Waals surface area contributed by atoms with Crippen molar-refractivity contribution in [3.8, 4) is 0 Å². The van der Waals surface area contributed by atoms with Crippen LogP contribution < -0.4 is 5.56 Å². The summed E-state index contributed by atoms with van der Waals surface area (Å²) < 4.78 is 0.910. The van der Waals surface area contributed by atoms with Crippen LogP contribution in [0.4, 0.5) is 5.69 Å². The topological polar surface area (TPSA) is 102 Å². The predicted molar refractivity (Wildman–Crippen MR) is 59.1 cm³/mol. The third-order valence-corrected chi connectivity index (χ3v) is 2.54. The summed E-state index contributed by atoms with van der Waals surface area (Å²) in [6.07, 6.45) is 0. The quantitative estimate of drug-likeness (QED) is 0.624. The highest BCUT2D eigenvalue weighted by molar-refractivity contribution is 5.75. The lowest BCUT2D eigenvalue weighted by molar-refractivity contribution is -0.386. The van der Waals surface area contributed by atoms with Gasteiger partial charge >= 0.3 is 17.2 Å². The molecule has 1 aromatic rings. The largest absolute Gasteiger partial charge is 0.480 e. The summed E-state index contributed by atoms with van der Waals surface area (Å²) in [7, 11) is 0. The molecule has 1 heterocycles. The second kappa shape index (κ2) is 4.00. The smallest absolute Gasteiger partial charge is 0.334 e. The first kappa shape index (κ1) is 12.9. The zero-order valence-electron chi connectivity index (χ0n) is 9.63. The van der Waals surface area contributed by atoms with Crippen molar-refractivity contribution < 1.29 is 14.8 Å². The minimum atomic E-state index is -1.53. The van der Waals surface area contributed by atoms with E-state index in [1.54, 1.807) is 0 Å². The number of nitro groups is 1. The monoisotopic (exact) mass is 240 g/mol. The van der Waals surface area contributed by atoms with Gasteiger partial charge in [-0.2, -0.15) is 0 Å². The molecular weight excluding hydrogens is 228 g/mol. The van der Waals surface area contributed by atoms with Gasteiger partial charge in [-0.25, -0.2) is 4.79 Å². The lowest BCUT2D eigenvalue weighted by Gasteiger charge is -2.24. The molecule has 0 fully saturated rings. The molecule has 17 heavy (non-hydrogen) atoms. The summed E-state index contributed by atoms with van der Waals surface area (Å²) in [6.45, 7) is 4.15. The van der Waals surface area contributed by atoms with Crippen LogP contribution >= 0.6 is 0 Å². The van der Waals surface area contributed by atoms with E-state index < -0.39 is 27.7 Å². The van der Waals surface area contributed by atoms with Crippen molar-refractivity contribution in [1.29, 1.82) is 0 Å². The number of aryl methyl sites for hydroxylation is 1. The highest BCUT2D eigenvalue weighted by Gasteiger charge is 2.33. The number of aliphatic carboxylic acids is 1. The van der Waals surface area contributed by atoms with Crippen molar-refractivity contribution in [1.82, 2.24) is 4.57 Å². The molecule has 0 amide bonds. The van der Waals surface area contributed by atoms with E-state index >= 15 is 0 Å². The Labute approximate surface area is 96.5 Å². The molecule has 1 rings (SSSR count). The maximum atomic E-state index is 11.8. The van der Waals surface area contributed by atoms with E-state index in [-0.39, 0.29) is 0 Å². The molecule has 0 atom stereocenters. The van der Waals surface area contributed by atoms with Gasteiger partial charge < -0.3 is 5.11 Å². The molecule has 0 saturated carbocycles. The normalized spacial score (nSPS) is 11.2. The molecule has 0 spiro atoms. The van der Waals surface area contributed by atoms with E-state index in [4.69, 9.17) is 5.11 Å². The van der Waals surface area contributed by atoms with E-state index in [0.717, 1.165) is 10.6 Å². The van der Waals surface area contributed by atoms with Gasteiger partial charge in [0.1, 0.15) is 5.54 Å². The van der Waals surface area contributed by atoms with Gasteiger partial charge in [0.2, 0.25) is 0 Å². The fourth-order valence-corrected chi connectivity index (χ4v) is 1.55. The highest BCUT2D eigenvalue weighted by atomic mass is 16.6. The van der Waals surface area contributed by atoms with E-state index in [0.29, 0.717) is 5.69 Å². The Hall–Kier alpha value is -2.18. The summed E-state index contributed by atoms with van der Waals surface area (Å²) in [6, 6.07) is 2.43. The van der Waals surface area contributed by atoms with E-state index in [1.807, 2.05) is 0 Å². The first-order valence-electron chi connectivity index (χ1n) is 4.80. The van der Waals surface area contributed by atoms with Crippen LogP contribution in [0.15, 0.2) is 16.9 Å². The number of hydrogen-bond acceptors (Lipinski definition) is 4. The van der Waals surface area contributed by atoms with Crippen molar-refractivity contribution in [2.24, 2.45) is 0 Å². The zero-order valence-corrected chi connectivity index (χ0v) is 9.63. The number of nitrogens with zero attached hydrogens (tertiary/aromatic N) is 2. The molecule has 0 aliphatic rings. The average molecular weight is 240 g/mol. The van der Waals surface area contributed by atoms with Gasteiger partial charge in [-0.05, 0) is 26.8 Å². The summed E-state index contributed by atoms with van der Waals surface area (Å²) in [5.74, 6) is -1.23. The van der Waals surface area contributed by atoms with Crippen molar-refractivity contribution in [3.63, 3.8) is 0 Å². The van der Waals surface area contributed by atoms with Gasteiger partial charge in [-0.3, -0.25) is 19.5 Å². The molecule has 0 radical (unpaired) electrons. The van der Waals surface area contributed by atoms with Crippen LogP contribution in [0.1, 0.15) is 19.5 Å². The Balaban J connectivity index is 3.65. The summed E-state index contributed by atoms with van der Waals surface area (Å²) in [4.78, 5) is 32.7. The van der Waals surface area contributed by atoms with Crippen LogP contribution in [-0.2, 0) is 10.3 Å². The number of pyridine rings is 1. The van der Waals surface area contributed by atoms with Crippen molar-refractivity contribution >= 4 is 11.7 Å². The Morgan fingerprint density at radius 3 is 2.41 bits per heavy atom. The summed E-state index contributed by atoms with van der Waals surface area (Å²) >= 11 is 0. The Morgan fingerprint density at radius 2 is 2.00 bits per heavy atom. The number of carboxylic acids is 1. The third kappa shape index (κ3) is 2.03. The van der Waals surface area contributed by atoms with Crippen molar-refractivity contribution in [2.45, 2.75) is 26.3 Å². The minimum absolute atomic E-state index is 0.355. The Bertz CT molecular complexity index is 544. The molecule has 0 bridgehead atoms.